The molecule has 1 aliphatic heterocycles. The quantitative estimate of drug-likeness (QED) is 0.844. The number of carbonyl (C=O) groups excluding carboxylic acids is 2. The summed E-state index contributed by atoms with van der Waals surface area (Å²) in [4.78, 5) is 28.2. The molecule has 1 aliphatic rings. The predicted octanol–water partition coefficient (Wildman–Crippen LogP) is 2.04. The predicted molar refractivity (Wildman–Crippen MR) is 84.6 cm³/mol. The van der Waals surface area contributed by atoms with Crippen molar-refractivity contribution >= 4 is 11.9 Å². The molecule has 1 amide bonds. The Hall–Kier alpha value is -2.67. The smallest absolute Gasteiger partial charge is 0.360 e. The van der Waals surface area contributed by atoms with E-state index in [0.717, 1.165) is 25.8 Å². The second kappa shape index (κ2) is 7.27. The van der Waals surface area contributed by atoms with E-state index in [2.05, 4.69) is 10.3 Å². The Morgan fingerprint density at radius 1 is 1.38 bits per heavy atom. The highest BCUT2D eigenvalue weighted by Crippen LogP contribution is 2.27. The van der Waals surface area contributed by atoms with Crippen LogP contribution in [0.4, 0.5) is 0 Å². The van der Waals surface area contributed by atoms with Crippen molar-refractivity contribution in [3.05, 3.63) is 41.9 Å². The summed E-state index contributed by atoms with van der Waals surface area (Å²) in [5, 5.41) is 2.86. The fourth-order valence-corrected chi connectivity index (χ4v) is 2.67. The SMILES string of the molecule is COC(=O)c1ncoc1-c1ccccc1C(=O)NCC1CCCO1. The highest BCUT2D eigenvalue weighted by atomic mass is 16.5. The molecule has 1 atom stereocenters. The minimum absolute atomic E-state index is 0.0388. The van der Waals surface area contributed by atoms with E-state index in [-0.39, 0.29) is 23.5 Å². The monoisotopic (exact) mass is 330 g/mol. The molecule has 7 heteroatoms. The minimum atomic E-state index is -0.617. The Labute approximate surface area is 139 Å². The molecule has 1 fully saturated rings. The summed E-state index contributed by atoms with van der Waals surface area (Å²) in [6.07, 6.45) is 3.16. The molecule has 2 aromatic rings. The van der Waals surface area contributed by atoms with Crippen LogP contribution in [0.1, 0.15) is 33.7 Å². The molecule has 1 unspecified atom stereocenters. The first-order valence-corrected chi connectivity index (χ1v) is 7.71. The fourth-order valence-electron chi connectivity index (χ4n) is 2.67. The number of esters is 1. The molecule has 0 radical (unpaired) electrons. The first-order valence-electron chi connectivity index (χ1n) is 7.71. The molecule has 126 valence electrons. The van der Waals surface area contributed by atoms with Crippen LogP contribution in [0.2, 0.25) is 0 Å². The molecular formula is C17H18N2O5. The number of aromatic nitrogens is 1. The lowest BCUT2D eigenvalue weighted by Crippen LogP contribution is -2.32. The highest BCUT2D eigenvalue weighted by Gasteiger charge is 2.24. The van der Waals surface area contributed by atoms with E-state index in [0.29, 0.717) is 17.7 Å². The number of ether oxygens (including phenoxy) is 2. The molecular weight excluding hydrogens is 312 g/mol. The van der Waals surface area contributed by atoms with Crippen molar-refractivity contribution in [3.63, 3.8) is 0 Å². The highest BCUT2D eigenvalue weighted by molar-refractivity contribution is 6.03. The summed E-state index contributed by atoms with van der Waals surface area (Å²) in [5.41, 5.74) is 0.925. The van der Waals surface area contributed by atoms with E-state index in [1.54, 1.807) is 24.3 Å². The molecule has 1 aromatic carbocycles. The average molecular weight is 330 g/mol. The minimum Gasteiger partial charge on any atom is -0.464 e. The van der Waals surface area contributed by atoms with Crippen molar-refractivity contribution < 1.29 is 23.5 Å². The van der Waals surface area contributed by atoms with E-state index >= 15 is 0 Å². The van der Waals surface area contributed by atoms with E-state index in [4.69, 9.17) is 13.9 Å². The standard InChI is InChI=1S/C17H18N2O5/c1-22-17(21)14-15(24-10-19-14)12-6-2-3-7-13(12)16(20)18-9-11-5-4-8-23-11/h2-3,6-7,10-11H,4-5,8-9H2,1H3,(H,18,20). The van der Waals surface area contributed by atoms with Crippen LogP contribution in [0.5, 0.6) is 0 Å². The summed E-state index contributed by atoms with van der Waals surface area (Å²) in [6, 6.07) is 6.88. The van der Waals surface area contributed by atoms with Crippen LogP contribution in [0.15, 0.2) is 35.1 Å². The van der Waals surface area contributed by atoms with Crippen LogP contribution in [0, 0.1) is 0 Å². The molecule has 3 rings (SSSR count). The summed E-state index contributed by atoms with van der Waals surface area (Å²) >= 11 is 0. The van der Waals surface area contributed by atoms with Gasteiger partial charge in [-0.25, -0.2) is 9.78 Å². The topological polar surface area (TPSA) is 90.7 Å². The zero-order valence-corrected chi connectivity index (χ0v) is 13.3. The number of hydrogen-bond donors (Lipinski definition) is 1. The Morgan fingerprint density at radius 3 is 2.96 bits per heavy atom. The molecule has 1 N–H and O–H groups in total. The number of oxazole rings is 1. The number of nitrogens with zero attached hydrogens (tertiary/aromatic N) is 1. The summed E-state index contributed by atoms with van der Waals surface area (Å²) < 4.78 is 15.5. The van der Waals surface area contributed by atoms with Gasteiger partial charge in [0.25, 0.3) is 5.91 Å². The third-order valence-corrected chi connectivity index (χ3v) is 3.88. The van der Waals surface area contributed by atoms with E-state index in [1.807, 2.05) is 0 Å². The summed E-state index contributed by atoms with van der Waals surface area (Å²) in [7, 11) is 1.26. The number of hydrogen-bond acceptors (Lipinski definition) is 6. The molecule has 0 aliphatic carbocycles. The van der Waals surface area contributed by atoms with Crippen molar-refractivity contribution in [2.24, 2.45) is 0 Å². The van der Waals surface area contributed by atoms with Crippen LogP contribution in [-0.4, -0.2) is 43.2 Å². The maximum atomic E-state index is 12.5. The van der Waals surface area contributed by atoms with Crippen LogP contribution >= 0.6 is 0 Å². The lowest BCUT2D eigenvalue weighted by atomic mass is 10.0. The van der Waals surface area contributed by atoms with Gasteiger partial charge in [0.05, 0.1) is 18.8 Å². The van der Waals surface area contributed by atoms with Gasteiger partial charge in [-0.2, -0.15) is 0 Å². The number of benzene rings is 1. The third-order valence-electron chi connectivity index (χ3n) is 3.88. The zero-order chi connectivity index (χ0) is 16.9. The van der Waals surface area contributed by atoms with Crippen molar-refractivity contribution in [1.82, 2.24) is 10.3 Å². The van der Waals surface area contributed by atoms with Gasteiger partial charge < -0.3 is 19.2 Å². The molecule has 1 aromatic heterocycles. The number of amides is 1. The van der Waals surface area contributed by atoms with Gasteiger partial charge in [-0.3, -0.25) is 4.79 Å². The van der Waals surface area contributed by atoms with Gasteiger partial charge in [-0.15, -0.1) is 0 Å². The van der Waals surface area contributed by atoms with Crippen LogP contribution in [0.3, 0.4) is 0 Å². The van der Waals surface area contributed by atoms with Gasteiger partial charge in [0.1, 0.15) is 0 Å². The lowest BCUT2D eigenvalue weighted by Gasteiger charge is -2.12. The maximum Gasteiger partial charge on any atom is 0.360 e. The molecule has 2 heterocycles. The van der Waals surface area contributed by atoms with Gasteiger partial charge >= 0.3 is 5.97 Å². The lowest BCUT2D eigenvalue weighted by molar-refractivity contribution is 0.0595. The molecule has 7 nitrogen and oxygen atoms in total. The summed E-state index contributed by atoms with van der Waals surface area (Å²) in [6.45, 7) is 1.19. The van der Waals surface area contributed by atoms with Gasteiger partial charge in [0.15, 0.2) is 17.8 Å². The van der Waals surface area contributed by atoms with Crippen molar-refractivity contribution in [3.8, 4) is 11.3 Å². The second-order valence-electron chi connectivity index (χ2n) is 5.41. The van der Waals surface area contributed by atoms with Crippen molar-refractivity contribution in [1.29, 1.82) is 0 Å². The fraction of sp³-hybridized carbons (Fsp3) is 0.353. The van der Waals surface area contributed by atoms with Crippen LogP contribution < -0.4 is 5.32 Å². The second-order valence-corrected chi connectivity index (χ2v) is 5.41. The molecule has 0 spiro atoms. The van der Waals surface area contributed by atoms with E-state index < -0.39 is 5.97 Å². The van der Waals surface area contributed by atoms with Gasteiger partial charge in [-0.05, 0) is 18.9 Å². The first kappa shape index (κ1) is 16.2. The normalized spacial score (nSPS) is 16.8. The van der Waals surface area contributed by atoms with Gasteiger partial charge in [-0.1, -0.05) is 18.2 Å². The zero-order valence-electron chi connectivity index (χ0n) is 13.3. The molecule has 0 saturated carbocycles. The Morgan fingerprint density at radius 2 is 2.21 bits per heavy atom. The van der Waals surface area contributed by atoms with E-state index in [9.17, 15) is 9.59 Å². The van der Waals surface area contributed by atoms with Gasteiger partial charge in [0, 0.05) is 18.7 Å². The molecule has 0 bridgehead atoms. The Balaban J connectivity index is 1.84. The van der Waals surface area contributed by atoms with Crippen LogP contribution in [-0.2, 0) is 9.47 Å². The number of nitrogens with one attached hydrogen (secondary N) is 1. The molecule has 24 heavy (non-hydrogen) atoms. The summed E-state index contributed by atoms with van der Waals surface area (Å²) in [5.74, 6) is -0.661. The first-order chi connectivity index (χ1) is 11.7. The van der Waals surface area contributed by atoms with Gasteiger partial charge in [0.2, 0.25) is 0 Å². The number of methoxy groups -OCH3 is 1. The third kappa shape index (κ3) is 3.30. The van der Waals surface area contributed by atoms with Crippen molar-refractivity contribution in [2.45, 2.75) is 18.9 Å². The van der Waals surface area contributed by atoms with E-state index in [1.165, 1.54) is 7.11 Å². The average Bonchev–Trinajstić information content (AvgIpc) is 3.30. The Bertz CT molecular complexity index is 734. The molecule has 1 saturated heterocycles. The number of rotatable bonds is 5. The van der Waals surface area contributed by atoms with Crippen LogP contribution in [0.25, 0.3) is 11.3 Å². The van der Waals surface area contributed by atoms with Crippen molar-refractivity contribution in [2.75, 3.05) is 20.3 Å². The maximum absolute atomic E-state index is 12.5. The largest absolute Gasteiger partial charge is 0.464 e. The number of carbonyl (C=O) groups is 2. The Kier molecular flexibility index (Phi) is 4.90.